The van der Waals surface area contributed by atoms with Crippen molar-refractivity contribution in [2.45, 2.75) is 11.5 Å². The molecule has 0 unspecified atom stereocenters. The van der Waals surface area contributed by atoms with Gasteiger partial charge >= 0.3 is 0 Å². The Bertz CT molecular complexity index is 1510. The van der Waals surface area contributed by atoms with E-state index in [0.717, 1.165) is 0 Å². The summed E-state index contributed by atoms with van der Waals surface area (Å²) in [6, 6.07) is 20.5. The molecule has 0 saturated heterocycles. The average molecular weight is 476 g/mol. The molecular weight excluding hydrogens is 457 g/mol. The maximum absolute atomic E-state index is 13.4. The van der Waals surface area contributed by atoms with Crippen LogP contribution in [0.25, 0.3) is 5.69 Å². The molecule has 0 aliphatic carbocycles. The molecule has 170 valence electrons. The number of carbonyl (C=O) groups is 2. The zero-order valence-electron chi connectivity index (χ0n) is 17.7. The number of anilines is 1. The first-order valence-corrected chi connectivity index (χ1v) is 12.2. The molecule has 0 saturated carbocycles. The Morgan fingerprint density at radius 2 is 1.44 bits per heavy atom. The van der Waals surface area contributed by atoms with Crippen LogP contribution in [-0.4, -0.2) is 29.9 Å². The molecule has 0 atom stereocenters. The van der Waals surface area contributed by atoms with Crippen molar-refractivity contribution in [3.05, 3.63) is 113 Å². The number of benzene rings is 3. The van der Waals surface area contributed by atoms with Crippen LogP contribution in [0.1, 0.15) is 37.5 Å². The van der Waals surface area contributed by atoms with Gasteiger partial charge in [-0.2, -0.15) is 5.10 Å². The normalized spacial score (nSPS) is 13.9. The molecule has 1 aliphatic rings. The van der Waals surface area contributed by atoms with Crippen LogP contribution in [0.3, 0.4) is 0 Å². The summed E-state index contributed by atoms with van der Waals surface area (Å²) in [5, 5.41) is 7.12. The number of sulfone groups is 1. The molecule has 0 bridgehead atoms. The number of rotatable bonds is 5. The maximum atomic E-state index is 13.4. The van der Waals surface area contributed by atoms with Crippen LogP contribution in [0.4, 0.5) is 10.2 Å². The topological polar surface area (TPSA) is 98.1 Å². The molecular formula is C25H18FN3O4S. The van der Waals surface area contributed by atoms with Gasteiger partial charge in [0, 0.05) is 22.3 Å². The number of hydrogen-bond acceptors (Lipinski definition) is 5. The predicted molar refractivity (Wildman–Crippen MR) is 124 cm³/mol. The summed E-state index contributed by atoms with van der Waals surface area (Å²) < 4.78 is 39.0. The van der Waals surface area contributed by atoms with E-state index in [1.807, 2.05) is 6.07 Å². The van der Waals surface area contributed by atoms with E-state index in [9.17, 15) is 22.4 Å². The molecule has 5 rings (SSSR count). The first kappa shape index (κ1) is 21.7. The maximum Gasteiger partial charge on any atom is 0.256 e. The summed E-state index contributed by atoms with van der Waals surface area (Å²) in [7, 11) is -3.36. The third-order valence-electron chi connectivity index (χ3n) is 5.54. The second kappa shape index (κ2) is 8.35. The van der Waals surface area contributed by atoms with Crippen LogP contribution in [0.2, 0.25) is 0 Å². The molecule has 0 fully saturated rings. The van der Waals surface area contributed by atoms with Gasteiger partial charge in [-0.05, 0) is 36.4 Å². The Balaban J connectivity index is 1.44. The summed E-state index contributed by atoms with van der Waals surface area (Å²) in [6.45, 7) is 0. The van der Waals surface area contributed by atoms with Gasteiger partial charge in [0.25, 0.3) is 5.91 Å². The Morgan fingerprint density at radius 3 is 2.12 bits per heavy atom. The SMILES string of the molecule is O=C(Nc1c2c(nn1-c1ccc(F)cc1)CS(=O)(=O)C2)c1ccc(C(=O)c2ccccc2)cc1. The fourth-order valence-corrected chi connectivity index (χ4v) is 5.34. The first-order valence-electron chi connectivity index (χ1n) is 10.4. The van der Waals surface area contributed by atoms with Crippen LogP contribution in [0.15, 0.2) is 78.9 Å². The van der Waals surface area contributed by atoms with Crippen LogP contribution < -0.4 is 5.32 Å². The van der Waals surface area contributed by atoms with Crippen LogP contribution in [-0.2, 0) is 21.3 Å². The number of nitrogens with one attached hydrogen (secondary N) is 1. The van der Waals surface area contributed by atoms with Crippen molar-refractivity contribution in [1.82, 2.24) is 9.78 Å². The number of fused-ring (bicyclic) bond motifs is 1. The second-order valence-electron chi connectivity index (χ2n) is 7.92. The van der Waals surface area contributed by atoms with Gasteiger partial charge < -0.3 is 5.32 Å². The monoisotopic (exact) mass is 475 g/mol. The van der Waals surface area contributed by atoms with Gasteiger partial charge in [0.15, 0.2) is 15.6 Å². The van der Waals surface area contributed by atoms with E-state index in [-0.39, 0.29) is 28.7 Å². The van der Waals surface area contributed by atoms with Crippen LogP contribution in [0, 0.1) is 5.82 Å². The minimum atomic E-state index is -3.36. The van der Waals surface area contributed by atoms with Crippen molar-refractivity contribution in [1.29, 1.82) is 0 Å². The van der Waals surface area contributed by atoms with E-state index in [4.69, 9.17) is 0 Å². The van der Waals surface area contributed by atoms with E-state index in [0.29, 0.717) is 28.1 Å². The number of amides is 1. The number of nitrogens with zero attached hydrogens (tertiary/aromatic N) is 2. The molecule has 1 amide bonds. The molecule has 1 aliphatic heterocycles. The quantitative estimate of drug-likeness (QED) is 0.441. The van der Waals surface area contributed by atoms with Gasteiger partial charge in [-0.3, -0.25) is 9.59 Å². The number of ketones is 1. The van der Waals surface area contributed by atoms with Crippen molar-refractivity contribution < 1.29 is 22.4 Å². The van der Waals surface area contributed by atoms with Crippen molar-refractivity contribution in [3.8, 4) is 5.69 Å². The smallest absolute Gasteiger partial charge is 0.256 e. The first-order chi connectivity index (χ1) is 16.3. The highest BCUT2D eigenvalue weighted by Gasteiger charge is 2.33. The number of carbonyl (C=O) groups excluding carboxylic acids is 2. The number of hydrogen-bond donors (Lipinski definition) is 1. The van der Waals surface area contributed by atoms with Crippen LogP contribution in [0.5, 0.6) is 0 Å². The van der Waals surface area contributed by atoms with E-state index < -0.39 is 21.6 Å². The van der Waals surface area contributed by atoms with E-state index >= 15 is 0 Å². The number of aromatic nitrogens is 2. The standard InChI is InChI=1S/C25H18FN3O4S/c26-19-10-12-20(13-11-19)29-24(21-14-34(32,33)15-22(21)28-29)27-25(31)18-8-6-17(7-9-18)23(30)16-4-2-1-3-5-16/h1-13H,14-15H2,(H,27,31). The van der Waals surface area contributed by atoms with Gasteiger partial charge in [0.2, 0.25) is 0 Å². The molecule has 0 radical (unpaired) electrons. The summed E-state index contributed by atoms with van der Waals surface area (Å²) in [6.07, 6.45) is 0. The van der Waals surface area contributed by atoms with Gasteiger partial charge in [-0.1, -0.05) is 42.5 Å². The molecule has 1 N–H and O–H groups in total. The lowest BCUT2D eigenvalue weighted by molar-refractivity contribution is 0.101. The van der Waals surface area contributed by atoms with Crippen molar-refractivity contribution in [3.63, 3.8) is 0 Å². The Kier molecular flexibility index (Phi) is 5.33. The lowest BCUT2D eigenvalue weighted by Crippen LogP contribution is -2.17. The fraction of sp³-hybridized carbons (Fsp3) is 0.0800. The van der Waals surface area contributed by atoms with E-state index in [1.165, 1.54) is 41.1 Å². The number of halogens is 1. The third-order valence-corrected chi connectivity index (χ3v) is 6.98. The highest BCUT2D eigenvalue weighted by atomic mass is 32.2. The molecule has 4 aromatic rings. The van der Waals surface area contributed by atoms with Crippen molar-refractivity contribution >= 4 is 27.3 Å². The zero-order valence-corrected chi connectivity index (χ0v) is 18.5. The van der Waals surface area contributed by atoms with E-state index in [2.05, 4.69) is 10.4 Å². The highest BCUT2D eigenvalue weighted by Crippen LogP contribution is 2.33. The molecule has 1 aromatic heterocycles. The Morgan fingerprint density at radius 1 is 0.824 bits per heavy atom. The molecule has 34 heavy (non-hydrogen) atoms. The molecule has 0 spiro atoms. The summed E-state index contributed by atoms with van der Waals surface area (Å²) in [5.74, 6) is -1.34. The van der Waals surface area contributed by atoms with Crippen molar-refractivity contribution in [2.75, 3.05) is 5.32 Å². The van der Waals surface area contributed by atoms with E-state index in [1.54, 1.807) is 36.4 Å². The predicted octanol–water partition coefficient (Wildman–Crippen LogP) is 3.92. The average Bonchev–Trinajstić information content (AvgIpc) is 3.32. The Labute approximate surface area is 194 Å². The molecule has 9 heteroatoms. The van der Waals surface area contributed by atoms with Gasteiger partial charge in [-0.25, -0.2) is 17.5 Å². The largest absolute Gasteiger partial charge is 0.306 e. The van der Waals surface area contributed by atoms with Gasteiger partial charge in [0.1, 0.15) is 11.6 Å². The minimum Gasteiger partial charge on any atom is -0.306 e. The second-order valence-corrected chi connectivity index (χ2v) is 9.99. The molecule has 7 nitrogen and oxygen atoms in total. The third kappa shape index (κ3) is 4.13. The zero-order chi connectivity index (χ0) is 23.9. The Hall–Kier alpha value is -4.11. The highest BCUT2D eigenvalue weighted by molar-refractivity contribution is 7.90. The summed E-state index contributed by atoms with van der Waals surface area (Å²) in [5.41, 5.74) is 2.50. The lowest BCUT2D eigenvalue weighted by atomic mass is 10.0. The lowest BCUT2D eigenvalue weighted by Gasteiger charge is -2.11. The fourth-order valence-electron chi connectivity index (χ4n) is 3.85. The van der Waals surface area contributed by atoms with Crippen molar-refractivity contribution in [2.24, 2.45) is 0 Å². The minimum absolute atomic E-state index is 0.162. The van der Waals surface area contributed by atoms with Gasteiger partial charge in [-0.15, -0.1) is 0 Å². The van der Waals surface area contributed by atoms with Crippen LogP contribution >= 0.6 is 0 Å². The molecule has 3 aromatic carbocycles. The summed E-state index contributed by atoms with van der Waals surface area (Å²) in [4.78, 5) is 25.6. The van der Waals surface area contributed by atoms with Gasteiger partial charge in [0.05, 0.1) is 22.9 Å². The summed E-state index contributed by atoms with van der Waals surface area (Å²) >= 11 is 0. The molecule has 2 heterocycles.